The summed E-state index contributed by atoms with van der Waals surface area (Å²) in [6.07, 6.45) is -5.08. The second-order valence-electron chi connectivity index (χ2n) is 4.17. The van der Waals surface area contributed by atoms with Crippen LogP contribution in [-0.2, 0) is 11.3 Å². The Morgan fingerprint density at radius 1 is 1.35 bits per heavy atom. The Kier molecular flexibility index (Phi) is 9.63. The fourth-order valence-corrected chi connectivity index (χ4v) is 1.86. The zero-order chi connectivity index (χ0) is 18.2. The first kappa shape index (κ1) is 22.1. The van der Waals surface area contributed by atoms with Crippen molar-refractivity contribution < 1.29 is 27.5 Å². The van der Waals surface area contributed by atoms with Crippen molar-refractivity contribution in [3.8, 4) is 0 Å². The van der Waals surface area contributed by atoms with Gasteiger partial charge in [-0.3, -0.25) is 0 Å². The second kappa shape index (κ2) is 10.0. The van der Waals surface area contributed by atoms with Crippen LogP contribution in [0.3, 0.4) is 0 Å². The summed E-state index contributed by atoms with van der Waals surface area (Å²) in [6.45, 7) is 1.17. The molecule has 0 heterocycles. The highest BCUT2D eigenvalue weighted by Crippen LogP contribution is 2.25. The topological polar surface area (TPSA) is 101 Å². The Labute approximate surface area is 143 Å². The number of carbonyl (C=O) groups is 1. The van der Waals surface area contributed by atoms with Gasteiger partial charge in [0.25, 0.3) is 0 Å². The van der Waals surface area contributed by atoms with Crippen molar-refractivity contribution in [3.05, 3.63) is 33.0 Å². The summed E-state index contributed by atoms with van der Waals surface area (Å²) >= 11 is 8.97. The van der Waals surface area contributed by atoms with Crippen LogP contribution < -0.4 is 16.8 Å². The number of aliphatic carboxylic acids is 1. The summed E-state index contributed by atoms with van der Waals surface area (Å²) in [4.78, 5) is 8.90. The minimum Gasteiger partial charge on any atom is -0.475 e. The van der Waals surface area contributed by atoms with E-state index >= 15 is 0 Å². The van der Waals surface area contributed by atoms with E-state index in [0.29, 0.717) is 29.7 Å². The zero-order valence-corrected chi connectivity index (χ0v) is 14.0. The number of hydrogen-bond acceptors (Lipinski definition) is 4. The van der Waals surface area contributed by atoms with Gasteiger partial charge in [0.1, 0.15) is 5.82 Å². The maximum absolute atomic E-state index is 13.7. The molecule has 23 heavy (non-hydrogen) atoms. The number of alkyl halides is 3. The van der Waals surface area contributed by atoms with Gasteiger partial charge in [0.15, 0.2) is 0 Å². The largest absolute Gasteiger partial charge is 0.490 e. The monoisotopic (exact) mass is 423 g/mol. The van der Waals surface area contributed by atoms with E-state index < -0.39 is 18.0 Å². The Morgan fingerprint density at radius 2 is 1.83 bits per heavy atom. The van der Waals surface area contributed by atoms with Gasteiger partial charge in [0.05, 0.1) is 5.02 Å². The van der Waals surface area contributed by atoms with Crippen LogP contribution in [0.15, 0.2) is 16.6 Å². The van der Waals surface area contributed by atoms with Gasteiger partial charge in [0, 0.05) is 35.7 Å². The number of carboxylic acid groups (broad SMARTS) is 1. The van der Waals surface area contributed by atoms with E-state index in [-0.39, 0.29) is 11.1 Å². The lowest BCUT2D eigenvalue weighted by atomic mass is 10.2. The third kappa shape index (κ3) is 7.93. The SMILES string of the molecule is NCC(CN)NCc1c(Br)ccc(Cl)c1F.O=C(O)C(F)(F)F. The Morgan fingerprint density at radius 3 is 2.22 bits per heavy atom. The van der Waals surface area contributed by atoms with Gasteiger partial charge in [-0.15, -0.1) is 0 Å². The molecule has 0 saturated heterocycles. The van der Waals surface area contributed by atoms with E-state index in [1.807, 2.05) is 0 Å². The Hall–Kier alpha value is -0.940. The van der Waals surface area contributed by atoms with E-state index in [9.17, 15) is 17.6 Å². The fourth-order valence-electron chi connectivity index (χ4n) is 1.24. The molecule has 1 aromatic rings. The summed E-state index contributed by atoms with van der Waals surface area (Å²) in [5, 5.41) is 10.3. The van der Waals surface area contributed by atoms with E-state index in [2.05, 4.69) is 21.2 Å². The molecule has 0 amide bonds. The molecule has 0 aliphatic carbocycles. The Balaban J connectivity index is 0.000000585. The molecular weight excluding hydrogens is 410 g/mol. The smallest absolute Gasteiger partial charge is 0.475 e. The minimum atomic E-state index is -5.08. The molecular formula is C12H15BrClF4N3O2. The van der Waals surface area contributed by atoms with Crippen molar-refractivity contribution in [3.63, 3.8) is 0 Å². The van der Waals surface area contributed by atoms with Crippen molar-refractivity contribution >= 4 is 33.5 Å². The lowest BCUT2D eigenvalue weighted by Crippen LogP contribution is -2.41. The summed E-state index contributed by atoms with van der Waals surface area (Å²) in [6, 6.07) is 3.20. The molecule has 0 aromatic heterocycles. The molecule has 0 radical (unpaired) electrons. The fraction of sp³-hybridized carbons (Fsp3) is 0.417. The van der Waals surface area contributed by atoms with Crippen molar-refractivity contribution in [2.45, 2.75) is 18.8 Å². The van der Waals surface area contributed by atoms with Crippen LogP contribution in [0.25, 0.3) is 0 Å². The summed E-state index contributed by atoms with van der Waals surface area (Å²) in [5.41, 5.74) is 11.4. The first-order valence-electron chi connectivity index (χ1n) is 6.10. The number of carboxylic acids is 1. The molecule has 0 spiro atoms. The first-order valence-corrected chi connectivity index (χ1v) is 7.27. The van der Waals surface area contributed by atoms with Gasteiger partial charge in [-0.1, -0.05) is 27.5 Å². The van der Waals surface area contributed by atoms with E-state index in [0.717, 1.165) is 0 Å². The van der Waals surface area contributed by atoms with Gasteiger partial charge in [-0.05, 0) is 12.1 Å². The van der Waals surface area contributed by atoms with Crippen LogP contribution in [-0.4, -0.2) is 36.4 Å². The van der Waals surface area contributed by atoms with Gasteiger partial charge >= 0.3 is 12.1 Å². The molecule has 11 heteroatoms. The quantitative estimate of drug-likeness (QED) is 0.429. The van der Waals surface area contributed by atoms with Crippen LogP contribution >= 0.6 is 27.5 Å². The molecule has 1 rings (SSSR count). The summed E-state index contributed by atoms with van der Waals surface area (Å²) in [5.74, 6) is -3.18. The third-order valence-corrected chi connectivity index (χ3v) is 3.55. The van der Waals surface area contributed by atoms with E-state index in [1.165, 1.54) is 6.07 Å². The normalized spacial score (nSPS) is 11.2. The van der Waals surface area contributed by atoms with Crippen molar-refractivity contribution in [2.75, 3.05) is 13.1 Å². The number of hydrogen-bond donors (Lipinski definition) is 4. The molecule has 0 atom stereocenters. The lowest BCUT2D eigenvalue weighted by Gasteiger charge is -2.15. The van der Waals surface area contributed by atoms with Crippen molar-refractivity contribution in [2.24, 2.45) is 11.5 Å². The predicted octanol–water partition coefficient (Wildman–Crippen LogP) is 2.25. The number of rotatable bonds is 5. The second-order valence-corrected chi connectivity index (χ2v) is 5.44. The average Bonchev–Trinajstić information content (AvgIpc) is 2.47. The van der Waals surface area contributed by atoms with Crippen LogP contribution in [0, 0.1) is 5.82 Å². The number of nitrogens with two attached hydrogens (primary N) is 2. The van der Waals surface area contributed by atoms with E-state index in [4.69, 9.17) is 33.0 Å². The van der Waals surface area contributed by atoms with Crippen LogP contribution in [0.4, 0.5) is 17.6 Å². The molecule has 0 aliphatic rings. The summed E-state index contributed by atoms with van der Waals surface area (Å²) in [7, 11) is 0. The molecule has 0 aliphatic heterocycles. The maximum atomic E-state index is 13.7. The average molecular weight is 425 g/mol. The molecule has 0 fully saturated rings. The maximum Gasteiger partial charge on any atom is 0.490 e. The lowest BCUT2D eigenvalue weighted by molar-refractivity contribution is -0.192. The molecule has 5 nitrogen and oxygen atoms in total. The van der Waals surface area contributed by atoms with Crippen LogP contribution in [0.2, 0.25) is 5.02 Å². The zero-order valence-electron chi connectivity index (χ0n) is 11.6. The highest BCUT2D eigenvalue weighted by Gasteiger charge is 2.38. The predicted molar refractivity (Wildman–Crippen MR) is 81.5 cm³/mol. The van der Waals surface area contributed by atoms with E-state index in [1.54, 1.807) is 6.07 Å². The van der Waals surface area contributed by atoms with Gasteiger partial charge in [-0.2, -0.15) is 13.2 Å². The molecule has 0 saturated carbocycles. The van der Waals surface area contributed by atoms with Gasteiger partial charge in [0.2, 0.25) is 0 Å². The first-order chi connectivity index (χ1) is 10.5. The van der Waals surface area contributed by atoms with Crippen molar-refractivity contribution in [1.82, 2.24) is 5.32 Å². The van der Waals surface area contributed by atoms with Crippen molar-refractivity contribution in [1.29, 1.82) is 0 Å². The molecule has 0 bridgehead atoms. The molecule has 6 N–H and O–H groups in total. The molecule has 132 valence electrons. The minimum absolute atomic E-state index is 0.0229. The van der Waals surface area contributed by atoms with Crippen LogP contribution in [0.1, 0.15) is 5.56 Å². The van der Waals surface area contributed by atoms with Gasteiger partial charge < -0.3 is 21.9 Å². The highest BCUT2D eigenvalue weighted by atomic mass is 79.9. The molecule has 1 aromatic carbocycles. The van der Waals surface area contributed by atoms with Gasteiger partial charge in [-0.25, -0.2) is 9.18 Å². The number of benzene rings is 1. The number of halogens is 6. The summed E-state index contributed by atoms with van der Waals surface area (Å²) < 4.78 is 46.1. The number of nitrogens with one attached hydrogen (secondary N) is 1. The third-order valence-electron chi connectivity index (χ3n) is 2.52. The molecule has 0 unspecified atom stereocenters. The standard InChI is InChI=1S/C10H14BrClFN3.C2HF3O2/c11-8-1-2-9(12)10(13)7(8)5-16-6(3-14)4-15;3-2(4,5)1(6)7/h1-2,6,16H,3-5,14-15H2;(H,6,7). The van der Waals surface area contributed by atoms with Crippen LogP contribution in [0.5, 0.6) is 0 Å². The Bertz CT molecular complexity index is 528. The highest BCUT2D eigenvalue weighted by molar-refractivity contribution is 9.10.